The topological polar surface area (TPSA) is 38.2 Å². The fraction of sp³-hybridized carbons (Fsp3) is 0.733. The number of methoxy groups -OCH3 is 1. The molecule has 0 spiro atoms. The molecule has 0 aliphatic rings. The molecule has 0 saturated carbocycles. The fourth-order valence-corrected chi connectivity index (χ4v) is 2.26. The van der Waals surface area contributed by atoms with Crippen molar-refractivity contribution in [3.05, 3.63) is 16.5 Å². The first kappa shape index (κ1) is 17.2. The third kappa shape index (κ3) is 4.32. The summed E-state index contributed by atoms with van der Waals surface area (Å²) in [6, 6.07) is 0.393. The van der Waals surface area contributed by atoms with Crippen molar-refractivity contribution >= 4 is 17.4 Å². The van der Waals surface area contributed by atoms with E-state index in [0.29, 0.717) is 17.8 Å². The minimum Gasteiger partial charge on any atom is -0.383 e. The van der Waals surface area contributed by atoms with Crippen LogP contribution < -0.4 is 4.90 Å². The Hall–Kier alpha value is -0.870. The van der Waals surface area contributed by atoms with Crippen LogP contribution in [-0.2, 0) is 11.2 Å². The highest BCUT2D eigenvalue weighted by molar-refractivity contribution is 6.30. The molecule has 5 heteroatoms. The van der Waals surface area contributed by atoms with Crippen molar-refractivity contribution in [1.29, 1.82) is 0 Å². The molecule has 1 heterocycles. The Labute approximate surface area is 127 Å². The van der Waals surface area contributed by atoms with Crippen LogP contribution >= 0.6 is 11.6 Å². The summed E-state index contributed by atoms with van der Waals surface area (Å²) in [5, 5.41) is 0.559. The molecule has 0 amide bonds. The lowest BCUT2D eigenvalue weighted by Gasteiger charge is -2.31. The molecular weight excluding hydrogens is 274 g/mol. The lowest BCUT2D eigenvalue weighted by Crippen LogP contribution is -2.37. The summed E-state index contributed by atoms with van der Waals surface area (Å²) in [4.78, 5) is 11.4. The van der Waals surface area contributed by atoms with Crippen LogP contribution in [0.3, 0.4) is 0 Å². The summed E-state index contributed by atoms with van der Waals surface area (Å²) in [6.45, 7) is 9.96. The third-order valence-corrected chi connectivity index (χ3v) is 3.88. The van der Waals surface area contributed by atoms with Crippen LogP contribution in [0.4, 0.5) is 5.82 Å². The first-order valence-electron chi connectivity index (χ1n) is 7.33. The van der Waals surface area contributed by atoms with Gasteiger partial charge in [0.15, 0.2) is 0 Å². The molecule has 20 heavy (non-hydrogen) atoms. The molecule has 1 rings (SSSR count). The Bertz CT molecular complexity index is 426. The third-order valence-electron chi connectivity index (χ3n) is 3.51. The fourth-order valence-electron chi connectivity index (χ4n) is 2.08. The van der Waals surface area contributed by atoms with Crippen molar-refractivity contribution in [2.75, 3.05) is 25.2 Å². The molecule has 0 aromatic carbocycles. The maximum absolute atomic E-state index is 6.27. The number of aromatic nitrogens is 2. The highest BCUT2D eigenvalue weighted by Gasteiger charge is 2.19. The molecular formula is C15H26ClN3O. The zero-order valence-corrected chi connectivity index (χ0v) is 14.0. The van der Waals surface area contributed by atoms with E-state index in [2.05, 4.69) is 30.7 Å². The Morgan fingerprint density at radius 3 is 2.55 bits per heavy atom. The van der Waals surface area contributed by atoms with E-state index in [9.17, 15) is 0 Å². The molecule has 0 N–H and O–H groups in total. The lowest BCUT2D eigenvalue weighted by atomic mass is 10.2. The van der Waals surface area contributed by atoms with E-state index in [1.807, 2.05) is 6.92 Å². The van der Waals surface area contributed by atoms with Gasteiger partial charge < -0.3 is 9.64 Å². The average molecular weight is 300 g/mol. The Morgan fingerprint density at radius 2 is 2.00 bits per heavy atom. The Morgan fingerprint density at radius 1 is 1.30 bits per heavy atom. The van der Waals surface area contributed by atoms with Crippen LogP contribution in [0.1, 0.15) is 45.0 Å². The monoisotopic (exact) mass is 299 g/mol. The first-order valence-corrected chi connectivity index (χ1v) is 7.71. The number of hydrogen-bond donors (Lipinski definition) is 0. The van der Waals surface area contributed by atoms with Gasteiger partial charge in [0.2, 0.25) is 0 Å². The molecule has 114 valence electrons. The highest BCUT2D eigenvalue weighted by Crippen LogP contribution is 2.26. The van der Waals surface area contributed by atoms with E-state index in [4.69, 9.17) is 21.3 Å². The van der Waals surface area contributed by atoms with Crippen molar-refractivity contribution in [2.45, 2.75) is 53.0 Å². The summed E-state index contributed by atoms with van der Waals surface area (Å²) < 4.78 is 5.22. The van der Waals surface area contributed by atoms with Gasteiger partial charge in [-0.1, -0.05) is 25.4 Å². The minimum absolute atomic E-state index is 0.393. The summed E-state index contributed by atoms with van der Waals surface area (Å²) in [7, 11) is 1.72. The quantitative estimate of drug-likeness (QED) is 0.687. The summed E-state index contributed by atoms with van der Waals surface area (Å²) in [5.74, 6) is 1.77. The van der Waals surface area contributed by atoms with Gasteiger partial charge in [-0.05, 0) is 26.7 Å². The van der Waals surface area contributed by atoms with Gasteiger partial charge in [0.1, 0.15) is 16.8 Å². The molecule has 0 radical (unpaired) electrons. The number of aryl methyl sites for hydroxylation is 1. The first-order chi connectivity index (χ1) is 9.54. The van der Waals surface area contributed by atoms with Crippen molar-refractivity contribution in [3.63, 3.8) is 0 Å². The van der Waals surface area contributed by atoms with Gasteiger partial charge in [0.25, 0.3) is 0 Å². The predicted molar refractivity (Wildman–Crippen MR) is 84.7 cm³/mol. The van der Waals surface area contributed by atoms with Crippen LogP contribution in [0, 0.1) is 6.92 Å². The zero-order valence-electron chi connectivity index (χ0n) is 13.2. The number of halogens is 1. The standard InChI is InChI=1S/C15H26ClN3O/c1-6-8-13-17-14(16)12(4)15(18-13)19(9-10-20-5)11(3)7-2/h11H,6-10H2,1-5H3. The van der Waals surface area contributed by atoms with Crippen molar-refractivity contribution in [2.24, 2.45) is 0 Å². The second-order valence-electron chi connectivity index (χ2n) is 5.07. The van der Waals surface area contributed by atoms with E-state index in [1.165, 1.54) is 0 Å². The van der Waals surface area contributed by atoms with Gasteiger partial charge in [0.05, 0.1) is 6.61 Å². The summed E-state index contributed by atoms with van der Waals surface area (Å²) in [6.07, 6.45) is 2.92. The molecule has 0 fully saturated rings. The number of rotatable bonds is 8. The van der Waals surface area contributed by atoms with Crippen LogP contribution in [0.5, 0.6) is 0 Å². The molecule has 0 bridgehead atoms. The lowest BCUT2D eigenvalue weighted by molar-refractivity contribution is 0.203. The molecule has 1 aromatic rings. The van der Waals surface area contributed by atoms with Crippen molar-refractivity contribution in [3.8, 4) is 0 Å². The van der Waals surface area contributed by atoms with Gasteiger partial charge in [-0.3, -0.25) is 0 Å². The SMILES string of the molecule is CCCc1nc(Cl)c(C)c(N(CCOC)C(C)CC)n1. The normalized spacial score (nSPS) is 12.5. The number of anilines is 1. The Kier molecular flexibility index (Phi) is 7.24. The summed E-state index contributed by atoms with van der Waals surface area (Å²) in [5.41, 5.74) is 0.947. The zero-order chi connectivity index (χ0) is 15.1. The van der Waals surface area contributed by atoms with E-state index < -0.39 is 0 Å². The molecule has 4 nitrogen and oxygen atoms in total. The van der Waals surface area contributed by atoms with Gasteiger partial charge in [-0.15, -0.1) is 0 Å². The molecule has 0 aliphatic heterocycles. The van der Waals surface area contributed by atoms with Gasteiger partial charge in [-0.25, -0.2) is 9.97 Å². The molecule has 1 atom stereocenters. The van der Waals surface area contributed by atoms with Crippen LogP contribution in [0.25, 0.3) is 0 Å². The molecule has 0 saturated heterocycles. The average Bonchev–Trinajstić information content (AvgIpc) is 2.44. The van der Waals surface area contributed by atoms with Crippen molar-refractivity contribution < 1.29 is 4.74 Å². The highest BCUT2D eigenvalue weighted by atomic mass is 35.5. The molecule has 0 aliphatic carbocycles. The van der Waals surface area contributed by atoms with E-state index in [-0.39, 0.29) is 0 Å². The van der Waals surface area contributed by atoms with Gasteiger partial charge >= 0.3 is 0 Å². The minimum atomic E-state index is 0.393. The van der Waals surface area contributed by atoms with E-state index in [0.717, 1.165) is 43.0 Å². The van der Waals surface area contributed by atoms with Gasteiger partial charge in [-0.2, -0.15) is 0 Å². The predicted octanol–water partition coefficient (Wildman–Crippen LogP) is 3.64. The van der Waals surface area contributed by atoms with Crippen LogP contribution in [-0.4, -0.2) is 36.3 Å². The molecule has 1 aromatic heterocycles. The summed E-state index contributed by atoms with van der Waals surface area (Å²) >= 11 is 6.27. The van der Waals surface area contributed by atoms with E-state index in [1.54, 1.807) is 7.11 Å². The van der Waals surface area contributed by atoms with E-state index >= 15 is 0 Å². The van der Waals surface area contributed by atoms with Gasteiger partial charge in [0, 0.05) is 31.7 Å². The maximum atomic E-state index is 6.27. The largest absolute Gasteiger partial charge is 0.383 e. The van der Waals surface area contributed by atoms with Crippen molar-refractivity contribution in [1.82, 2.24) is 9.97 Å². The smallest absolute Gasteiger partial charge is 0.137 e. The number of nitrogens with zero attached hydrogens (tertiary/aromatic N) is 3. The number of ether oxygens (including phenoxy) is 1. The van der Waals surface area contributed by atoms with Crippen LogP contribution in [0.2, 0.25) is 5.15 Å². The Balaban J connectivity index is 3.15. The maximum Gasteiger partial charge on any atom is 0.137 e. The second kappa shape index (κ2) is 8.42. The number of hydrogen-bond acceptors (Lipinski definition) is 4. The second-order valence-corrected chi connectivity index (χ2v) is 5.43. The molecule has 1 unspecified atom stereocenters. The van der Waals surface area contributed by atoms with Crippen LogP contribution in [0.15, 0.2) is 0 Å².